The summed E-state index contributed by atoms with van der Waals surface area (Å²) in [6, 6.07) is 5.71. The zero-order valence-corrected chi connectivity index (χ0v) is 16.7. The number of carbonyl (C=O) groups is 2. The summed E-state index contributed by atoms with van der Waals surface area (Å²) in [5.74, 6) is 0.325. The molecular weight excluding hydrogens is 370 g/mol. The number of carbonyl (C=O) groups excluding carboxylic acids is 2. The van der Waals surface area contributed by atoms with Crippen LogP contribution < -0.4 is 10.2 Å². The fraction of sp³-hybridized carbons (Fsp3) is 0.524. The smallest absolute Gasteiger partial charge is 0.290 e. The van der Waals surface area contributed by atoms with Gasteiger partial charge in [0.05, 0.1) is 17.6 Å². The first kappa shape index (κ1) is 19.4. The van der Waals surface area contributed by atoms with Crippen molar-refractivity contribution in [2.45, 2.75) is 38.6 Å². The highest BCUT2D eigenvalue weighted by Gasteiger charge is 2.32. The van der Waals surface area contributed by atoms with Crippen molar-refractivity contribution in [3.05, 3.63) is 42.0 Å². The first-order valence-electron chi connectivity index (χ1n) is 10.3. The van der Waals surface area contributed by atoms with Crippen LogP contribution in [0.2, 0.25) is 0 Å². The summed E-state index contributed by atoms with van der Waals surface area (Å²) in [4.78, 5) is 33.6. The summed E-state index contributed by atoms with van der Waals surface area (Å²) in [6.07, 6.45) is 6.88. The van der Waals surface area contributed by atoms with E-state index in [0.29, 0.717) is 5.69 Å². The highest BCUT2D eigenvalue weighted by Crippen LogP contribution is 2.27. The first-order valence-corrected chi connectivity index (χ1v) is 10.3. The van der Waals surface area contributed by atoms with Gasteiger partial charge in [-0.05, 0) is 44.7 Å². The number of pyridine rings is 1. The van der Waals surface area contributed by atoms with Crippen LogP contribution in [-0.2, 0) is 4.79 Å². The number of amides is 2. The van der Waals surface area contributed by atoms with E-state index in [-0.39, 0.29) is 29.5 Å². The van der Waals surface area contributed by atoms with E-state index in [9.17, 15) is 9.59 Å². The van der Waals surface area contributed by atoms with Crippen molar-refractivity contribution >= 4 is 17.5 Å². The maximum atomic E-state index is 12.9. The van der Waals surface area contributed by atoms with Gasteiger partial charge in [0.1, 0.15) is 0 Å². The third-order valence-electron chi connectivity index (χ3n) is 5.87. The minimum absolute atomic E-state index is 0.0561. The van der Waals surface area contributed by atoms with Gasteiger partial charge in [0.25, 0.3) is 5.91 Å². The summed E-state index contributed by atoms with van der Waals surface area (Å²) in [5, 5.41) is 6.75. The Kier molecular flexibility index (Phi) is 5.78. The second kappa shape index (κ2) is 8.63. The van der Waals surface area contributed by atoms with Gasteiger partial charge in [-0.25, -0.2) is 0 Å². The number of piperazine rings is 1. The second-order valence-electron chi connectivity index (χ2n) is 7.88. The molecule has 0 aromatic carbocycles. The molecule has 1 saturated carbocycles. The number of rotatable bonds is 4. The van der Waals surface area contributed by atoms with E-state index in [4.69, 9.17) is 4.52 Å². The van der Waals surface area contributed by atoms with Crippen LogP contribution in [0.3, 0.4) is 0 Å². The van der Waals surface area contributed by atoms with Crippen LogP contribution in [0, 0.1) is 12.8 Å². The normalized spacial score (nSPS) is 22.4. The third kappa shape index (κ3) is 4.58. The first-order chi connectivity index (χ1) is 14.1. The number of aryl methyl sites for hydroxylation is 1. The highest BCUT2D eigenvalue weighted by atomic mass is 16.5. The number of nitrogens with zero attached hydrogens (tertiary/aromatic N) is 4. The minimum Gasteiger partial charge on any atom is -0.367 e. The molecule has 0 atom stereocenters. The van der Waals surface area contributed by atoms with Gasteiger partial charge >= 0.3 is 0 Å². The molecule has 1 aliphatic carbocycles. The molecule has 2 aromatic rings. The van der Waals surface area contributed by atoms with Crippen LogP contribution in [0.5, 0.6) is 0 Å². The van der Waals surface area contributed by atoms with Gasteiger partial charge in [0.2, 0.25) is 11.7 Å². The lowest BCUT2D eigenvalue weighted by Gasteiger charge is -2.38. The fourth-order valence-corrected chi connectivity index (χ4v) is 4.20. The molecule has 1 aliphatic heterocycles. The molecule has 2 amide bonds. The highest BCUT2D eigenvalue weighted by molar-refractivity contribution is 5.91. The molecule has 8 heteroatoms. The minimum atomic E-state index is -0.230. The van der Waals surface area contributed by atoms with Gasteiger partial charge in [0.15, 0.2) is 0 Å². The number of anilines is 1. The summed E-state index contributed by atoms with van der Waals surface area (Å²) in [6.45, 7) is 4.94. The molecule has 0 spiro atoms. The SMILES string of the molecule is Cc1cc(C(=O)NC2CCC(C(=O)N3CCN(c4cccnc4)CC3)CC2)on1. The predicted molar refractivity (Wildman–Crippen MR) is 107 cm³/mol. The zero-order valence-electron chi connectivity index (χ0n) is 16.7. The molecule has 4 rings (SSSR count). The molecule has 8 nitrogen and oxygen atoms in total. The summed E-state index contributed by atoms with van der Waals surface area (Å²) < 4.78 is 5.02. The number of hydrogen-bond acceptors (Lipinski definition) is 6. The topological polar surface area (TPSA) is 91.6 Å². The van der Waals surface area contributed by atoms with Gasteiger partial charge in [-0.15, -0.1) is 0 Å². The molecule has 0 unspecified atom stereocenters. The molecule has 1 N–H and O–H groups in total. The molecule has 1 saturated heterocycles. The van der Waals surface area contributed by atoms with Gasteiger partial charge in [0, 0.05) is 50.4 Å². The van der Waals surface area contributed by atoms with Gasteiger partial charge in [-0.3, -0.25) is 14.6 Å². The molecular formula is C21H27N5O3. The van der Waals surface area contributed by atoms with Crippen molar-refractivity contribution in [3.8, 4) is 0 Å². The maximum absolute atomic E-state index is 12.9. The number of aromatic nitrogens is 2. The van der Waals surface area contributed by atoms with Crippen molar-refractivity contribution in [2.24, 2.45) is 5.92 Å². The van der Waals surface area contributed by atoms with Gasteiger partial charge < -0.3 is 19.6 Å². The van der Waals surface area contributed by atoms with Gasteiger partial charge in [-0.2, -0.15) is 0 Å². The van der Waals surface area contributed by atoms with Crippen LogP contribution in [0.15, 0.2) is 35.1 Å². The summed E-state index contributed by atoms with van der Waals surface area (Å²) in [7, 11) is 0. The van der Waals surface area contributed by atoms with E-state index < -0.39 is 0 Å². The van der Waals surface area contributed by atoms with Crippen LogP contribution in [-0.4, -0.2) is 59.1 Å². The Morgan fingerprint density at radius 2 is 1.90 bits per heavy atom. The molecule has 0 radical (unpaired) electrons. The molecule has 2 aliphatic rings. The van der Waals surface area contributed by atoms with Crippen LogP contribution >= 0.6 is 0 Å². The molecule has 29 heavy (non-hydrogen) atoms. The van der Waals surface area contributed by atoms with Crippen molar-refractivity contribution in [3.63, 3.8) is 0 Å². The van der Waals surface area contributed by atoms with E-state index in [1.807, 2.05) is 17.2 Å². The Hall–Kier alpha value is -2.90. The van der Waals surface area contributed by atoms with Crippen molar-refractivity contribution in [1.29, 1.82) is 0 Å². The lowest BCUT2D eigenvalue weighted by Crippen LogP contribution is -2.51. The standard InChI is InChI=1S/C21H27N5O3/c1-15-13-19(29-24-15)20(27)23-17-6-4-16(5-7-17)21(28)26-11-9-25(10-12-26)18-3-2-8-22-14-18/h2-3,8,13-14,16-17H,4-7,9-12H2,1H3,(H,23,27). The Balaban J connectivity index is 1.23. The predicted octanol–water partition coefficient (Wildman–Crippen LogP) is 2.02. The van der Waals surface area contributed by atoms with E-state index >= 15 is 0 Å². The summed E-state index contributed by atoms with van der Waals surface area (Å²) >= 11 is 0. The largest absolute Gasteiger partial charge is 0.367 e. The van der Waals surface area contributed by atoms with E-state index in [0.717, 1.165) is 57.5 Å². The quantitative estimate of drug-likeness (QED) is 0.849. The van der Waals surface area contributed by atoms with Crippen LogP contribution in [0.4, 0.5) is 5.69 Å². The fourth-order valence-electron chi connectivity index (χ4n) is 4.20. The van der Waals surface area contributed by atoms with E-state index in [1.54, 1.807) is 19.2 Å². The Bertz CT molecular complexity index is 837. The van der Waals surface area contributed by atoms with E-state index in [1.165, 1.54) is 0 Å². The molecule has 154 valence electrons. The van der Waals surface area contributed by atoms with E-state index in [2.05, 4.69) is 26.4 Å². The lowest BCUT2D eigenvalue weighted by molar-refractivity contribution is -0.137. The molecule has 3 heterocycles. The molecule has 0 bridgehead atoms. The zero-order chi connectivity index (χ0) is 20.2. The third-order valence-corrected chi connectivity index (χ3v) is 5.87. The maximum Gasteiger partial charge on any atom is 0.290 e. The van der Waals surface area contributed by atoms with Crippen molar-refractivity contribution in [1.82, 2.24) is 20.4 Å². The average Bonchev–Trinajstić information content (AvgIpc) is 3.21. The Labute approximate surface area is 170 Å². The monoisotopic (exact) mass is 397 g/mol. The number of hydrogen-bond donors (Lipinski definition) is 1. The van der Waals surface area contributed by atoms with Crippen LogP contribution in [0.1, 0.15) is 41.9 Å². The Morgan fingerprint density at radius 1 is 1.14 bits per heavy atom. The Morgan fingerprint density at radius 3 is 2.52 bits per heavy atom. The molecule has 2 fully saturated rings. The molecule has 2 aromatic heterocycles. The number of nitrogens with one attached hydrogen (secondary N) is 1. The second-order valence-corrected chi connectivity index (χ2v) is 7.88. The average molecular weight is 397 g/mol. The van der Waals surface area contributed by atoms with Crippen molar-refractivity contribution < 1.29 is 14.1 Å². The van der Waals surface area contributed by atoms with Crippen LogP contribution in [0.25, 0.3) is 0 Å². The van der Waals surface area contributed by atoms with Crippen molar-refractivity contribution in [2.75, 3.05) is 31.1 Å². The van der Waals surface area contributed by atoms with Gasteiger partial charge in [-0.1, -0.05) is 5.16 Å². The lowest BCUT2D eigenvalue weighted by atomic mass is 9.85. The summed E-state index contributed by atoms with van der Waals surface area (Å²) in [5.41, 5.74) is 1.80.